The van der Waals surface area contributed by atoms with Crippen LogP contribution in [0.1, 0.15) is 27.2 Å². The first-order chi connectivity index (χ1) is 9.04. The van der Waals surface area contributed by atoms with Gasteiger partial charge in [-0.2, -0.15) is 5.10 Å². The number of hydrogen-bond donors (Lipinski definition) is 0. The number of para-hydroxylation sites is 1. The van der Waals surface area contributed by atoms with Gasteiger partial charge in [0.2, 0.25) is 0 Å². The molecule has 0 amide bonds. The number of carbonyl (C=O) groups excluding carboxylic acids is 1. The lowest BCUT2D eigenvalue weighted by Gasteiger charge is -2.11. The SMILES string of the molecule is Cc1cccc(C=O)c1OCc1c(C)nn(C)c1Cl. The second-order valence-corrected chi connectivity index (χ2v) is 4.74. The van der Waals surface area contributed by atoms with Crippen LogP contribution in [0.2, 0.25) is 5.15 Å². The van der Waals surface area contributed by atoms with Gasteiger partial charge in [0.05, 0.1) is 11.3 Å². The van der Waals surface area contributed by atoms with Gasteiger partial charge in [-0.1, -0.05) is 23.7 Å². The van der Waals surface area contributed by atoms with Gasteiger partial charge in [-0.3, -0.25) is 9.48 Å². The molecule has 0 spiro atoms. The topological polar surface area (TPSA) is 44.1 Å². The van der Waals surface area contributed by atoms with Crippen LogP contribution in [0.4, 0.5) is 0 Å². The molecule has 0 saturated heterocycles. The lowest BCUT2D eigenvalue weighted by molar-refractivity contribution is 0.111. The summed E-state index contributed by atoms with van der Waals surface area (Å²) >= 11 is 6.14. The normalized spacial score (nSPS) is 10.5. The van der Waals surface area contributed by atoms with Crippen molar-refractivity contribution in [3.8, 4) is 5.75 Å². The van der Waals surface area contributed by atoms with Crippen molar-refractivity contribution in [1.82, 2.24) is 9.78 Å². The van der Waals surface area contributed by atoms with Gasteiger partial charge in [-0.15, -0.1) is 0 Å². The van der Waals surface area contributed by atoms with E-state index in [0.717, 1.165) is 23.1 Å². The molecule has 19 heavy (non-hydrogen) atoms. The third kappa shape index (κ3) is 2.63. The predicted molar refractivity (Wildman–Crippen MR) is 73.9 cm³/mol. The summed E-state index contributed by atoms with van der Waals surface area (Å²) in [5.41, 5.74) is 3.12. The highest BCUT2D eigenvalue weighted by molar-refractivity contribution is 6.30. The summed E-state index contributed by atoms with van der Waals surface area (Å²) in [4.78, 5) is 11.0. The molecule has 4 nitrogen and oxygen atoms in total. The van der Waals surface area contributed by atoms with Crippen molar-refractivity contribution in [2.24, 2.45) is 7.05 Å². The Morgan fingerprint density at radius 1 is 1.42 bits per heavy atom. The fourth-order valence-corrected chi connectivity index (χ4v) is 2.18. The molecule has 100 valence electrons. The van der Waals surface area contributed by atoms with E-state index in [9.17, 15) is 4.79 Å². The minimum absolute atomic E-state index is 0.296. The van der Waals surface area contributed by atoms with Crippen molar-refractivity contribution in [3.63, 3.8) is 0 Å². The Hall–Kier alpha value is -1.81. The first-order valence-corrected chi connectivity index (χ1v) is 6.28. The Morgan fingerprint density at radius 3 is 2.74 bits per heavy atom. The molecule has 0 fully saturated rings. The van der Waals surface area contributed by atoms with Crippen LogP contribution in [0.3, 0.4) is 0 Å². The predicted octanol–water partition coefficient (Wildman–Crippen LogP) is 3.08. The molecule has 0 saturated carbocycles. The third-order valence-corrected chi connectivity index (χ3v) is 3.47. The van der Waals surface area contributed by atoms with Crippen LogP contribution in [0.15, 0.2) is 18.2 Å². The largest absolute Gasteiger partial charge is 0.488 e. The summed E-state index contributed by atoms with van der Waals surface area (Å²) in [5, 5.41) is 4.78. The van der Waals surface area contributed by atoms with Crippen LogP contribution < -0.4 is 4.74 Å². The van der Waals surface area contributed by atoms with E-state index in [4.69, 9.17) is 16.3 Å². The summed E-state index contributed by atoms with van der Waals surface area (Å²) in [6.45, 7) is 4.08. The molecular formula is C14H15ClN2O2. The van der Waals surface area contributed by atoms with Crippen molar-refractivity contribution in [2.45, 2.75) is 20.5 Å². The second-order valence-electron chi connectivity index (χ2n) is 4.38. The average Bonchev–Trinajstić information content (AvgIpc) is 2.62. The summed E-state index contributed by atoms with van der Waals surface area (Å²) < 4.78 is 7.36. The van der Waals surface area contributed by atoms with Crippen LogP contribution in [0.5, 0.6) is 5.75 Å². The number of aldehydes is 1. The van der Waals surface area contributed by atoms with Gasteiger partial charge in [-0.25, -0.2) is 0 Å². The Labute approximate surface area is 116 Å². The molecule has 0 unspecified atom stereocenters. The van der Waals surface area contributed by atoms with Gasteiger partial charge in [0.1, 0.15) is 17.5 Å². The smallest absolute Gasteiger partial charge is 0.153 e. The van der Waals surface area contributed by atoms with Crippen LogP contribution in [-0.2, 0) is 13.7 Å². The maximum atomic E-state index is 11.0. The van der Waals surface area contributed by atoms with Crippen molar-refractivity contribution < 1.29 is 9.53 Å². The van der Waals surface area contributed by atoms with Crippen LogP contribution in [0, 0.1) is 13.8 Å². The summed E-state index contributed by atoms with van der Waals surface area (Å²) in [7, 11) is 1.78. The molecule has 2 rings (SSSR count). The van der Waals surface area contributed by atoms with Crippen LogP contribution in [-0.4, -0.2) is 16.1 Å². The molecule has 2 aromatic rings. The molecule has 0 aliphatic carbocycles. The van der Waals surface area contributed by atoms with Crippen molar-refractivity contribution in [1.29, 1.82) is 0 Å². The number of nitrogens with zero attached hydrogens (tertiary/aromatic N) is 2. The molecule has 1 heterocycles. The molecule has 0 aliphatic rings. The third-order valence-electron chi connectivity index (χ3n) is 3.00. The van der Waals surface area contributed by atoms with Crippen molar-refractivity contribution >= 4 is 17.9 Å². The van der Waals surface area contributed by atoms with Crippen LogP contribution in [0.25, 0.3) is 0 Å². The summed E-state index contributed by atoms with van der Waals surface area (Å²) in [5.74, 6) is 0.594. The average molecular weight is 279 g/mol. The maximum Gasteiger partial charge on any atom is 0.153 e. The Kier molecular flexibility index (Phi) is 3.90. The number of aromatic nitrogens is 2. The van der Waals surface area contributed by atoms with E-state index in [-0.39, 0.29) is 0 Å². The molecule has 0 N–H and O–H groups in total. The van der Waals surface area contributed by atoms with E-state index in [2.05, 4.69) is 5.10 Å². The van der Waals surface area contributed by atoms with Gasteiger partial charge in [0.15, 0.2) is 6.29 Å². The molecule has 1 aromatic heterocycles. The Balaban J connectivity index is 2.26. The number of halogens is 1. The minimum atomic E-state index is 0.296. The zero-order chi connectivity index (χ0) is 14.0. The number of carbonyl (C=O) groups is 1. The summed E-state index contributed by atoms with van der Waals surface area (Å²) in [6.07, 6.45) is 0.792. The lowest BCUT2D eigenvalue weighted by atomic mass is 10.1. The van der Waals surface area contributed by atoms with Gasteiger partial charge < -0.3 is 4.74 Å². The van der Waals surface area contributed by atoms with Crippen molar-refractivity contribution in [2.75, 3.05) is 0 Å². The molecule has 0 bridgehead atoms. The first-order valence-electron chi connectivity index (χ1n) is 5.90. The van der Waals surface area contributed by atoms with Crippen molar-refractivity contribution in [3.05, 3.63) is 45.7 Å². The van der Waals surface area contributed by atoms with Gasteiger partial charge in [-0.05, 0) is 25.5 Å². The fourth-order valence-electron chi connectivity index (χ4n) is 1.95. The molecular weight excluding hydrogens is 264 g/mol. The van der Waals surface area contributed by atoms with E-state index < -0.39 is 0 Å². The van der Waals surface area contributed by atoms with Crippen LogP contribution >= 0.6 is 11.6 Å². The number of ether oxygens (including phenoxy) is 1. The highest BCUT2D eigenvalue weighted by Gasteiger charge is 2.13. The number of benzene rings is 1. The monoisotopic (exact) mass is 278 g/mol. The standard InChI is InChI=1S/C14H15ClN2O2/c1-9-5-4-6-11(7-18)13(9)19-8-12-10(2)16-17(3)14(12)15/h4-7H,8H2,1-3H3. The van der Waals surface area contributed by atoms with E-state index in [1.807, 2.05) is 26.0 Å². The molecule has 0 radical (unpaired) electrons. The van der Waals surface area contributed by atoms with Gasteiger partial charge >= 0.3 is 0 Å². The maximum absolute atomic E-state index is 11.0. The van der Waals surface area contributed by atoms with Gasteiger partial charge in [0.25, 0.3) is 0 Å². The number of hydrogen-bond acceptors (Lipinski definition) is 3. The second kappa shape index (κ2) is 5.45. The Bertz CT molecular complexity index is 620. The van der Waals surface area contributed by atoms with E-state index in [1.54, 1.807) is 17.8 Å². The molecule has 0 aliphatic heterocycles. The molecule has 0 atom stereocenters. The quantitative estimate of drug-likeness (QED) is 0.807. The zero-order valence-corrected chi connectivity index (χ0v) is 11.9. The van der Waals surface area contributed by atoms with E-state index >= 15 is 0 Å². The highest BCUT2D eigenvalue weighted by atomic mass is 35.5. The molecule has 5 heteroatoms. The minimum Gasteiger partial charge on any atom is -0.488 e. The zero-order valence-electron chi connectivity index (χ0n) is 11.1. The Morgan fingerprint density at radius 2 is 2.16 bits per heavy atom. The molecule has 1 aromatic carbocycles. The summed E-state index contributed by atoms with van der Waals surface area (Å²) in [6, 6.07) is 5.46. The highest BCUT2D eigenvalue weighted by Crippen LogP contribution is 2.25. The first kappa shape index (κ1) is 13.6. The van der Waals surface area contributed by atoms with E-state index in [1.165, 1.54) is 0 Å². The number of aryl methyl sites for hydroxylation is 3. The van der Waals surface area contributed by atoms with E-state index in [0.29, 0.717) is 23.1 Å². The van der Waals surface area contributed by atoms with Gasteiger partial charge in [0, 0.05) is 12.6 Å². The lowest BCUT2D eigenvalue weighted by Crippen LogP contribution is -2.01. The number of rotatable bonds is 4. The fraction of sp³-hybridized carbons (Fsp3) is 0.286.